The summed E-state index contributed by atoms with van der Waals surface area (Å²) in [5.41, 5.74) is 0. The van der Waals surface area contributed by atoms with Crippen LogP contribution in [0.4, 0.5) is 0 Å². The number of nitrogens with zero attached hydrogens (tertiary/aromatic N) is 3. The molecule has 0 amide bonds. The fourth-order valence-electron chi connectivity index (χ4n) is 3.50. The average Bonchev–Trinajstić information content (AvgIpc) is 3.18. The smallest absolute Gasteiger partial charge is 0.257 e. The van der Waals surface area contributed by atoms with E-state index >= 15 is 0 Å². The Kier molecular flexibility index (Phi) is 3.61. The molecule has 3 atom stereocenters. The van der Waals surface area contributed by atoms with Crippen LogP contribution in [0.5, 0.6) is 0 Å². The van der Waals surface area contributed by atoms with Crippen LogP contribution in [-0.2, 0) is 6.54 Å². The molecular weight excluding hydrogens is 354 g/mol. The third-order valence-corrected chi connectivity index (χ3v) is 6.12. The van der Waals surface area contributed by atoms with Gasteiger partial charge in [0.05, 0.1) is 21.3 Å². The zero-order chi connectivity index (χ0) is 14.4. The minimum absolute atomic E-state index is 0.123. The average molecular weight is 370 g/mol. The molecule has 0 aromatic carbocycles. The molecule has 2 aromatic rings. The second kappa shape index (κ2) is 5.46. The first-order chi connectivity index (χ1) is 10.2. The molecule has 4 rings (SSSR count). The van der Waals surface area contributed by atoms with E-state index in [1.54, 1.807) is 11.3 Å². The lowest BCUT2D eigenvalue weighted by molar-refractivity contribution is 0.122. The van der Waals surface area contributed by atoms with Crippen molar-refractivity contribution in [2.24, 2.45) is 11.8 Å². The first kappa shape index (κ1) is 13.9. The summed E-state index contributed by atoms with van der Waals surface area (Å²) in [7, 11) is 0. The monoisotopic (exact) mass is 369 g/mol. The van der Waals surface area contributed by atoms with Crippen molar-refractivity contribution in [3.63, 3.8) is 0 Å². The lowest BCUT2D eigenvalue weighted by atomic mass is 10.00. The van der Waals surface area contributed by atoms with Crippen LogP contribution in [0.15, 0.2) is 20.3 Å². The number of halogens is 1. The van der Waals surface area contributed by atoms with Crippen LogP contribution < -0.4 is 0 Å². The molecule has 1 N–H and O–H groups in total. The zero-order valence-corrected chi connectivity index (χ0v) is 13.8. The standard InChI is InChI=1S/C14H16BrN3O2S/c15-12-4-3-11(21-12)14-17-16-13(20-14)7-18-5-8-1-2-10(19)9(8)6-18/h3-4,8-10,19H,1-2,5-7H2. The van der Waals surface area contributed by atoms with Gasteiger partial charge in [-0.15, -0.1) is 21.5 Å². The van der Waals surface area contributed by atoms with Crippen LogP contribution in [0, 0.1) is 11.8 Å². The van der Waals surface area contributed by atoms with Gasteiger partial charge < -0.3 is 9.52 Å². The van der Waals surface area contributed by atoms with Gasteiger partial charge in [-0.05, 0) is 46.8 Å². The first-order valence-electron chi connectivity index (χ1n) is 7.17. The summed E-state index contributed by atoms with van der Waals surface area (Å²) in [5.74, 6) is 2.31. The van der Waals surface area contributed by atoms with E-state index in [9.17, 15) is 5.11 Å². The fourth-order valence-corrected chi connectivity index (χ4v) is 4.80. The molecule has 3 unspecified atom stereocenters. The number of aliphatic hydroxyl groups excluding tert-OH is 1. The number of aliphatic hydroxyl groups is 1. The molecule has 1 saturated carbocycles. The second-order valence-corrected chi connectivity index (χ2v) is 8.33. The molecule has 2 aromatic heterocycles. The summed E-state index contributed by atoms with van der Waals surface area (Å²) >= 11 is 5.02. The Morgan fingerprint density at radius 2 is 2.24 bits per heavy atom. The Morgan fingerprint density at radius 1 is 1.33 bits per heavy atom. The van der Waals surface area contributed by atoms with Crippen LogP contribution in [-0.4, -0.2) is 39.4 Å². The van der Waals surface area contributed by atoms with Crippen molar-refractivity contribution in [2.75, 3.05) is 13.1 Å². The highest BCUT2D eigenvalue weighted by Crippen LogP contribution is 2.38. The normalized spacial score (nSPS) is 29.1. The quantitative estimate of drug-likeness (QED) is 0.900. The minimum Gasteiger partial charge on any atom is -0.419 e. The number of fused-ring (bicyclic) bond motifs is 1. The number of hydrogen-bond acceptors (Lipinski definition) is 6. The molecule has 0 radical (unpaired) electrons. The molecule has 3 heterocycles. The molecule has 112 valence electrons. The number of aromatic nitrogens is 2. The summed E-state index contributed by atoms with van der Waals surface area (Å²) in [6.45, 7) is 2.65. The van der Waals surface area contributed by atoms with Gasteiger partial charge in [-0.25, -0.2) is 0 Å². The molecular formula is C14H16BrN3O2S. The van der Waals surface area contributed by atoms with E-state index in [0.717, 1.165) is 34.6 Å². The summed E-state index contributed by atoms with van der Waals surface area (Å²) < 4.78 is 6.81. The summed E-state index contributed by atoms with van der Waals surface area (Å²) in [6.07, 6.45) is 1.98. The lowest BCUT2D eigenvalue weighted by Crippen LogP contribution is -2.24. The lowest BCUT2D eigenvalue weighted by Gasteiger charge is -2.15. The van der Waals surface area contributed by atoms with Crippen molar-refractivity contribution in [3.05, 3.63) is 21.8 Å². The van der Waals surface area contributed by atoms with Gasteiger partial charge in [-0.1, -0.05) is 0 Å². The highest BCUT2D eigenvalue weighted by Gasteiger charge is 2.41. The second-order valence-electron chi connectivity index (χ2n) is 5.87. The van der Waals surface area contributed by atoms with Crippen LogP contribution in [0.2, 0.25) is 0 Å². The maximum absolute atomic E-state index is 9.96. The van der Waals surface area contributed by atoms with Crippen LogP contribution in [0.3, 0.4) is 0 Å². The molecule has 7 heteroatoms. The van der Waals surface area contributed by atoms with Crippen molar-refractivity contribution >= 4 is 27.3 Å². The maximum Gasteiger partial charge on any atom is 0.257 e. The summed E-state index contributed by atoms with van der Waals surface area (Å²) in [4.78, 5) is 3.30. The molecule has 1 aliphatic carbocycles. The highest BCUT2D eigenvalue weighted by molar-refractivity contribution is 9.11. The summed E-state index contributed by atoms with van der Waals surface area (Å²) in [6, 6.07) is 3.95. The topological polar surface area (TPSA) is 62.4 Å². The van der Waals surface area contributed by atoms with Gasteiger partial charge in [-0.3, -0.25) is 4.90 Å². The summed E-state index contributed by atoms with van der Waals surface area (Å²) in [5, 5.41) is 18.2. The predicted octanol–water partition coefficient (Wildman–Crippen LogP) is 2.76. The van der Waals surface area contributed by atoms with Crippen LogP contribution in [0.25, 0.3) is 10.8 Å². The highest BCUT2D eigenvalue weighted by atomic mass is 79.9. The molecule has 0 spiro atoms. The van der Waals surface area contributed by atoms with Gasteiger partial charge in [-0.2, -0.15) is 0 Å². The van der Waals surface area contributed by atoms with Gasteiger partial charge in [0, 0.05) is 19.0 Å². The van der Waals surface area contributed by atoms with E-state index < -0.39 is 0 Å². The van der Waals surface area contributed by atoms with Gasteiger partial charge >= 0.3 is 0 Å². The predicted molar refractivity (Wildman–Crippen MR) is 82.8 cm³/mol. The first-order valence-corrected chi connectivity index (χ1v) is 8.78. The molecule has 5 nitrogen and oxygen atoms in total. The van der Waals surface area contributed by atoms with Crippen molar-refractivity contribution < 1.29 is 9.52 Å². The Morgan fingerprint density at radius 3 is 3.00 bits per heavy atom. The van der Waals surface area contributed by atoms with Crippen LogP contribution in [0.1, 0.15) is 18.7 Å². The van der Waals surface area contributed by atoms with Crippen molar-refractivity contribution in [1.82, 2.24) is 15.1 Å². The number of thiophene rings is 1. The SMILES string of the molecule is OC1CCC2CN(Cc3nnc(-c4ccc(Br)s4)o3)CC12. The van der Waals surface area contributed by atoms with Crippen molar-refractivity contribution in [1.29, 1.82) is 0 Å². The van der Waals surface area contributed by atoms with E-state index in [4.69, 9.17) is 4.42 Å². The molecule has 2 aliphatic rings. The molecule has 2 fully saturated rings. The van der Waals surface area contributed by atoms with Crippen LogP contribution >= 0.6 is 27.3 Å². The Hall–Kier alpha value is -0.760. The van der Waals surface area contributed by atoms with Gasteiger partial charge in [0.25, 0.3) is 5.89 Å². The van der Waals surface area contributed by atoms with Gasteiger partial charge in [0.2, 0.25) is 5.89 Å². The fraction of sp³-hybridized carbons (Fsp3) is 0.571. The number of hydrogen-bond donors (Lipinski definition) is 1. The van der Waals surface area contributed by atoms with E-state index in [-0.39, 0.29) is 6.10 Å². The molecule has 1 saturated heterocycles. The molecule has 21 heavy (non-hydrogen) atoms. The van der Waals surface area contributed by atoms with Crippen molar-refractivity contribution in [2.45, 2.75) is 25.5 Å². The molecule has 1 aliphatic heterocycles. The third kappa shape index (κ3) is 2.67. The molecule has 0 bridgehead atoms. The van der Waals surface area contributed by atoms with Gasteiger partial charge in [0.15, 0.2) is 0 Å². The maximum atomic E-state index is 9.96. The number of rotatable bonds is 3. The van der Waals surface area contributed by atoms with E-state index in [1.165, 1.54) is 0 Å². The Balaban J connectivity index is 1.43. The third-order valence-electron chi connectivity index (χ3n) is 4.50. The van der Waals surface area contributed by atoms with E-state index in [2.05, 4.69) is 31.0 Å². The largest absolute Gasteiger partial charge is 0.419 e. The number of likely N-dealkylation sites (tertiary alicyclic amines) is 1. The van der Waals surface area contributed by atoms with Crippen molar-refractivity contribution in [3.8, 4) is 10.8 Å². The van der Waals surface area contributed by atoms with Gasteiger partial charge in [0.1, 0.15) is 0 Å². The Bertz CT molecular complexity index is 644. The van der Waals surface area contributed by atoms with E-state index in [0.29, 0.717) is 30.2 Å². The Labute approximate surface area is 135 Å². The minimum atomic E-state index is -0.123. The zero-order valence-electron chi connectivity index (χ0n) is 11.4. The van der Waals surface area contributed by atoms with E-state index in [1.807, 2.05) is 12.1 Å².